The van der Waals surface area contributed by atoms with E-state index in [0.717, 1.165) is 13.0 Å². The Labute approximate surface area is 127 Å². The number of piperidine rings is 1. The van der Waals surface area contributed by atoms with Gasteiger partial charge in [-0.2, -0.15) is 5.10 Å². The minimum Gasteiger partial charge on any atom is -0.394 e. The molecule has 0 amide bonds. The van der Waals surface area contributed by atoms with Crippen LogP contribution in [0.25, 0.3) is 0 Å². The van der Waals surface area contributed by atoms with Gasteiger partial charge in [-0.15, -0.1) is 0 Å². The van der Waals surface area contributed by atoms with Crippen molar-refractivity contribution in [1.29, 1.82) is 0 Å². The van der Waals surface area contributed by atoms with Gasteiger partial charge < -0.3 is 15.3 Å². The number of aliphatic hydroxyl groups excluding tert-OH is 1. The number of aromatic nitrogens is 2. The van der Waals surface area contributed by atoms with Gasteiger partial charge in [-0.05, 0) is 45.7 Å². The molecule has 1 saturated heterocycles. The van der Waals surface area contributed by atoms with Gasteiger partial charge in [0.05, 0.1) is 19.3 Å². The van der Waals surface area contributed by atoms with Crippen molar-refractivity contribution < 1.29 is 5.11 Å². The predicted molar refractivity (Wildman–Crippen MR) is 83.3 cm³/mol. The van der Waals surface area contributed by atoms with E-state index in [2.05, 4.69) is 22.4 Å². The molecule has 21 heavy (non-hydrogen) atoms. The third-order valence-corrected chi connectivity index (χ3v) is 5.10. The number of nitrogens with one attached hydrogen (secondary N) is 1. The Morgan fingerprint density at radius 1 is 1.33 bits per heavy atom. The van der Waals surface area contributed by atoms with Crippen molar-refractivity contribution in [2.24, 2.45) is 0 Å². The summed E-state index contributed by atoms with van der Waals surface area (Å²) >= 11 is 0. The van der Waals surface area contributed by atoms with Gasteiger partial charge in [0, 0.05) is 29.9 Å². The van der Waals surface area contributed by atoms with Crippen LogP contribution in [0.5, 0.6) is 0 Å². The van der Waals surface area contributed by atoms with Crippen molar-refractivity contribution in [3.63, 3.8) is 0 Å². The van der Waals surface area contributed by atoms with E-state index in [1.165, 1.54) is 49.9 Å². The summed E-state index contributed by atoms with van der Waals surface area (Å²) in [5.41, 5.74) is 2.68. The van der Waals surface area contributed by atoms with Crippen LogP contribution in [0.1, 0.15) is 49.4 Å². The largest absolute Gasteiger partial charge is 0.394 e. The summed E-state index contributed by atoms with van der Waals surface area (Å²) in [6.45, 7) is 3.09. The lowest BCUT2D eigenvalue weighted by atomic mass is 9.92. The molecular formula is C16H28N4O. The zero-order valence-electron chi connectivity index (χ0n) is 13.1. The highest BCUT2D eigenvalue weighted by molar-refractivity contribution is 5.25. The molecule has 0 bridgehead atoms. The van der Waals surface area contributed by atoms with Crippen LogP contribution in [0.4, 0.5) is 0 Å². The molecule has 3 rings (SSSR count). The van der Waals surface area contributed by atoms with Crippen molar-refractivity contribution in [3.05, 3.63) is 17.5 Å². The summed E-state index contributed by atoms with van der Waals surface area (Å²) in [7, 11) is 2.25. The van der Waals surface area contributed by atoms with Gasteiger partial charge in [0.15, 0.2) is 0 Å². The summed E-state index contributed by atoms with van der Waals surface area (Å²) in [6, 6.07) is 1.12. The quantitative estimate of drug-likeness (QED) is 0.859. The van der Waals surface area contributed by atoms with Gasteiger partial charge in [-0.1, -0.05) is 6.42 Å². The summed E-state index contributed by atoms with van der Waals surface area (Å²) in [4.78, 5) is 2.50. The molecule has 2 N–H and O–H groups in total. The lowest BCUT2D eigenvalue weighted by molar-refractivity contribution is 0.176. The Morgan fingerprint density at radius 2 is 2.24 bits per heavy atom. The molecule has 1 aromatic rings. The second-order valence-electron chi connectivity index (χ2n) is 6.48. The molecule has 0 spiro atoms. The molecule has 2 atom stereocenters. The number of fused-ring (bicyclic) bond motifs is 1. The molecular weight excluding hydrogens is 264 g/mol. The van der Waals surface area contributed by atoms with Crippen LogP contribution in [0, 0.1) is 0 Å². The van der Waals surface area contributed by atoms with Crippen molar-refractivity contribution >= 4 is 0 Å². The highest BCUT2D eigenvalue weighted by Crippen LogP contribution is 2.29. The van der Waals surface area contributed by atoms with Crippen LogP contribution < -0.4 is 5.32 Å². The molecule has 0 saturated carbocycles. The highest BCUT2D eigenvalue weighted by atomic mass is 16.3. The average molecular weight is 292 g/mol. The fourth-order valence-electron chi connectivity index (χ4n) is 3.80. The number of nitrogens with zero attached hydrogens (tertiary/aromatic N) is 3. The molecule has 0 radical (unpaired) electrons. The number of hydrogen-bond acceptors (Lipinski definition) is 4. The highest BCUT2D eigenvalue weighted by Gasteiger charge is 2.26. The SMILES string of the molecule is CN1CCCCC1CNC1CCCc2c1cnn2CCO. The fourth-order valence-corrected chi connectivity index (χ4v) is 3.80. The fraction of sp³-hybridized carbons (Fsp3) is 0.812. The first kappa shape index (κ1) is 15.0. The van der Waals surface area contributed by atoms with E-state index in [1.807, 2.05) is 10.9 Å². The minimum absolute atomic E-state index is 0.166. The number of likely N-dealkylation sites (tertiary alicyclic amines) is 1. The van der Waals surface area contributed by atoms with Crippen LogP contribution in [0.3, 0.4) is 0 Å². The number of likely N-dealkylation sites (N-methyl/N-ethyl adjacent to an activating group) is 1. The third kappa shape index (κ3) is 3.30. The third-order valence-electron chi connectivity index (χ3n) is 5.10. The second kappa shape index (κ2) is 6.90. The Balaban J connectivity index is 1.62. The van der Waals surface area contributed by atoms with Crippen LogP contribution >= 0.6 is 0 Å². The Hall–Kier alpha value is -0.910. The summed E-state index contributed by atoms with van der Waals surface area (Å²) in [5.74, 6) is 0. The van der Waals surface area contributed by atoms with Gasteiger partial charge in [0.1, 0.15) is 0 Å². The molecule has 1 fully saturated rings. The normalized spacial score (nSPS) is 26.8. The van der Waals surface area contributed by atoms with Gasteiger partial charge in [-0.3, -0.25) is 4.68 Å². The van der Waals surface area contributed by atoms with E-state index < -0.39 is 0 Å². The Bertz CT molecular complexity index is 459. The minimum atomic E-state index is 0.166. The monoisotopic (exact) mass is 292 g/mol. The molecule has 1 aliphatic heterocycles. The first-order valence-corrected chi connectivity index (χ1v) is 8.38. The van der Waals surface area contributed by atoms with Crippen LogP contribution in [0.15, 0.2) is 6.20 Å². The van der Waals surface area contributed by atoms with Crippen LogP contribution in [-0.2, 0) is 13.0 Å². The molecule has 2 aliphatic rings. The standard InChI is InChI=1S/C16H28N4O/c1-19-8-3-2-5-13(19)11-17-15-6-4-7-16-14(15)12-18-20(16)9-10-21/h12-13,15,17,21H,2-11H2,1H3. The average Bonchev–Trinajstić information content (AvgIpc) is 2.91. The number of hydrogen-bond donors (Lipinski definition) is 2. The second-order valence-corrected chi connectivity index (χ2v) is 6.48. The maximum Gasteiger partial charge on any atom is 0.0644 e. The molecule has 1 aliphatic carbocycles. The van der Waals surface area contributed by atoms with Gasteiger partial charge in [-0.25, -0.2) is 0 Å². The van der Waals surface area contributed by atoms with Crippen molar-refractivity contribution in [2.45, 2.75) is 57.2 Å². The first-order chi connectivity index (χ1) is 10.3. The van der Waals surface area contributed by atoms with Gasteiger partial charge in [0.25, 0.3) is 0 Å². The molecule has 0 aromatic carbocycles. The Kier molecular flexibility index (Phi) is 4.93. The van der Waals surface area contributed by atoms with E-state index in [9.17, 15) is 0 Å². The van der Waals surface area contributed by atoms with Crippen molar-refractivity contribution in [1.82, 2.24) is 20.0 Å². The number of rotatable bonds is 5. The topological polar surface area (TPSA) is 53.3 Å². The maximum atomic E-state index is 9.13. The Morgan fingerprint density at radius 3 is 3.05 bits per heavy atom. The molecule has 2 unspecified atom stereocenters. The van der Waals surface area contributed by atoms with Gasteiger partial charge >= 0.3 is 0 Å². The first-order valence-electron chi connectivity index (χ1n) is 8.38. The van der Waals surface area contributed by atoms with Crippen LogP contribution in [-0.4, -0.2) is 52.6 Å². The molecule has 2 heterocycles. The number of aliphatic hydroxyl groups is 1. The molecule has 5 heteroatoms. The molecule has 1 aromatic heterocycles. The lowest BCUT2D eigenvalue weighted by Gasteiger charge is -2.34. The van der Waals surface area contributed by atoms with E-state index in [4.69, 9.17) is 5.11 Å². The van der Waals surface area contributed by atoms with Crippen LogP contribution in [0.2, 0.25) is 0 Å². The molecule has 118 valence electrons. The van der Waals surface area contributed by atoms with E-state index in [1.54, 1.807) is 0 Å². The van der Waals surface area contributed by atoms with Crippen molar-refractivity contribution in [2.75, 3.05) is 26.7 Å². The smallest absolute Gasteiger partial charge is 0.0644 e. The maximum absolute atomic E-state index is 9.13. The van der Waals surface area contributed by atoms with E-state index in [0.29, 0.717) is 18.6 Å². The van der Waals surface area contributed by atoms with Crippen molar-refractivity contribution in [3.8, 4) is 0 Å². The van der Waals surface area contributed by atoms with Gasteiger partial charge in [0.2, 0.25) is 0 Å². The summed E-state index contributed by atoms with van der Waals surface area (Å²) < 4.78 is 1.98. The predicted octanol–water partition coefficient (Wildman–Crippen LogP) is 1.33. The zero-order valence-corrected chi connectivity index (χ0v) is 13.1. The summed E-state index contributed by atoms with van der Waals surface area (Å²) in [6.07, 6.45) is 9.53. The lowest BCUT2D eigenvalue weighted by Crippen LogP contribution is -2.44. The van der Waals surface area contributed by atoms with E-state index in [-0.39, 0.29) is 6.61 Å². The summed E-state index contributed by atoms with van der Waals surface area (Å²) in [5, 5.41) is 17.4. The zero-order chi connectivity index (χ0) is 14.7. The molecule has 5 nitrogen and oxygen atoms in total. The van der Waals surface area contributed by atoms with E-state index >= 15 is 0 Å².